The fourth-order valence-corrected chi connectivity index (χ4v) is 2.44. The Morgan fingerprint density at radius 2 is 2.05 bits per heavy atom. The van der Waals surface area contributed by atoms with Crippen LogP contribution in [-0.2, 0) is 13.2 Å². The largest absolute Gasteiger partial charge is 0.489 e. The number of rotatable bonds is 5. The number of nitro benzene ring substituents is 1. The zero-order valence-corrected chi connectivity index (χ0v) is 13.1. The second-order valence-corrected chi connectivity index (χ2v) is 5.48. The predicted molar refractivity (Wildman–Crippen MR) is 84.2 cm³/mol. The molecule has 0 aliphatic rings. The van der Waals surface area contributed by atoms with Crippen molar-refractivity contribution in [3.63, 3.8) is 0 Å². The van der Waals surface area contributed by atoms with Crippen LogP contribution < -0.4 is 10.5 Å². The Morgan fingerprint density at radius 3 is 2.71 bits per heavy atom. The number of nitrogens with zero attached hydrogens (tertiary/aromatic N) is 1. The standard InChI is InChI=1S/C15H15BrN2O3/c1-10-11(3-2-4-14(10)18(19)20)9-21-15-6-5-13(16)7-12(15)8-17/h2-7H,8-9,17H2,1H3. The molecule has 0 radical (unpaired) electrons. The highest BCUT2D eigenvalue weighted by Crippen LogP contribution is 2.26. The Balaban J connectivity index is 2.21. The zero-order chi connectivity index (χ0) is 15.4. The maximum absolute atomic E-state index is 10.9. The molecule has 2 aromatic rings. The van der Waals surface area contributed by atoms with E-state index in [-0.39, 0.29) is 17.2 Å². The van der Waals surface area contributed by atoms with Crippen molar-refractivity contribution in [2.24, 2.45) is 5.73 Å². The van der Waals surface area contributed by atoms with Crippen molar-refractivity contribution in [1.82, 2.24) is 0 Å². The number of nitro groups is 1. The topological polar surface area (TPSA) is 78.4 Å². The molecule has 0 spiro atoms. The number of hydrogen-bond acceptors (Lipinski definition) is 4. The van der Waals surface area contributed by atoms with Crippen molar-refractivity contribution in [3.05, 3.63) is 67.7 Å². The minimum absolute atomic E-state index is 0.103. The van der Waals surface area contributed by atoms with Gasteiger partial charge < -0.3 is 10.5 Å². The van der Waals surface area contributed by atoms with Crippen LogP contribution >= 0.6 is 15.9 Å². The van der Waals surface area contributed by atoms with Crippen LogP contribution in [0.2, 0.25) is 0 Å². The third kappa shape index (κ3) is 3.59. The van der Waals surface area contributed by atoms with Gasteiger partial charge in [-0.25, -0.2) is 0 Å². The van der Waals surface area contributed by atoms with Crippen molar-refractivity contribution < 1.29 is 9.66 Å². The van der Waals surface area contributed by atoms with Crippen LogP contribution in [0.1, 0.15) is 16.7 Å². The Bertz CT molecular complexity index is 674. The Morgan fingerprint density at radius 1 is 1.29 bits per heavy atom. The van der Waals surface area contributed by atoms with Gasteiger partial charge in [-0.2, -0.15) is 0 Å². The second kappa shape index (κ2) is 6.69. The maximum atomic E-state index is 10.9. The van der Waals surface area contributed by atoms with Crippen molar-refractivity contribution in [2.75, 3.05) is 0 Å². The molecule has 6 heteroatoms. The number of halogens is 1. The molecule has 0 fully saturated rings. The molecular weight excluding hydrogens is 336 g/mol. The van der Waals surface area contributed by atoms with E-state index in [0.29, 0.717) is 17.9 Å². The van der Waals surface area contributed by atoms with Gasteiger partial charge in [-0.15, -0.1) is 0 Å². The van der Waals surface area contributed by atoms with Crippen LogP contribution in [0.3, 0.4) is 0 Å². The normalized spacial score (nSPS) is 10.4. The molecule has 2 rings (SSSR count). The van der Waals surface area contributed by atoms with Gasteiger partial charge in [0, 0.05) is 28.2 Å². The van der Waals surface area contributed by atoms with Crippen LogP contribution in [0.4, 0.5) is 5.69 Å². The van der Waals surface area contributed by atoms with Gasteiger partial charge in [0.15, 0.2) is 0 Å². The van der Waals surface area contributed by atoms with E-state index in [4.69, 9.17) is 10.5 Å². The first-order valence-electron chi connectivity index (χ1n) is 6.37. The number of nitrogens with two attached hydrogens (primary N) is 1. The fourth-order valence-electron chi connectivity index (χ4n) is 2.03. The van der Waals surface area contributed by atoms with E-state index in [1.165, 1.54) is 6.07 Å². The summed E-state index contributed by atoms with van der Waals surface area (Å²) in [4.78, 5) is 10.5. The van der Waals surface area contributed by atoms with E-state index in [9.17, 15) is 10.1 Å². The van der Waals surface area contributed by atoms with E-state index >= 15 is 0 Å². The summed E-state index contributed by atoms with van der Waals surface area (Å²) in [5.74, 6) is 0.687. The third-order valence-corrected chi connectivity index (χ3v) is 3.73. The smallest absolute Gasteiger partial charge is 0.272 e. The molecular formula is C15H15BrN2O3. The second-order valence-electron chi connectivity index (χ2n) is 4.56. The molecule has 0 saturated carbocycles. The van der Waals surface area contributed by atoms with E-state index in [2.05, 4.69) is 15.9 Å². The van der Waals surface area contributed by atoms with Crippen molar-refractivity contribution in [3.8, 4) is 5.75 Å². The zero-order valence-electron chi connectivity index (χ0n) is 11.5. The van der Waals surface area contributed by atoms with E-state index in [0.717, 1.165) is 15.6 Å². The van der Waals surface area contributed by atoms with Crippen LogP contribution in [-0.4, -0.2) is 4.92 Å². The average Bonchev–Trinajstić information content (AvgIpc) is 2.46. The van der Waals surface area contributed by atoms with Gasteiger partial charge in [0.2, 0.25) is 0 Å². The van der Waals surface area contributed by atoms with Gasteiger partial charge in [-0.3, -0.25) is 10.1 Å². The first-order chi connectivity index (χ1) is 10.0. The monoisotopic (exact) mass is 350 g/mol. The molecule has 0 bridgehead atoms. The average molecular weight is 351 g/mol. The van der Waals surface area contributed by atoms with Crippen LogP contribution in [0, 0.1) is 17.0 Å². The summed E-state index contributed by atoms with van der Waals surface area (Å²) >= 11 is 3.38. The molecule has 110 valence electrons. The molecule has 0 aromatic heterocycles. The lowest BCUT2D eigenvalue weighted by Gasteiger charge is -2.12. The summed E-state index contributed by atoms with van der Waals surface area (Å²) < 4.78 is 6.69. The molecule has 0 aliphatic heterocycles. The minimum atomic E-state index is -0.385. The summed E-state index contributed by atoms with van der Waals surface area (Å²) in [6.07, 6.45) is 0. The van der Waals surface area contributed by atoms with Gasteiger partial charge >= 0.3 is 0 Å². The molecule has 0 heterocycles. The molecule has 0 amide bonds. The van der Waals surface area contributed by atoms with E-state index in [1.54, 1.807) is 13.0 Å². The molecule has 0 aliphatic carbocycles. The summed E-state index contributed by atoms with van der Waals surface area (Å²) in [7, 11) is 0. The summed E-state index contributed by atoms with van der Waals surface area (Å²) in [5, 5.41) is 10.9. The Kier molecular flexibility index (Phi) is 4.93. The SMILES string of the molecule is Cc1c(COc2ccc(Br)cc2CN)cccc1[N+](=O)[O-]. The predicted octanol–water partition coefficient (Wildman–Crippen LogP) is 3.70. The summed E-state index contributed by atoms with van der Waals surface area (Å²) in [5.41, 5.74) is 8.08. The fraction of sp³-hybridized carbons (Fsp3) is 0.200. The Labute approximate surface area is 131 Å². The molecule has 0 saturated heterocycles. The minimum Gasteiger partial charge on any atom is -0.489 e. The molecule has 0 unspecified atom stereocenters. The highest BCUT2D eigenvalue weighted by molar-refractivity contribution is 9.10. The van der Waals surface area contributed by atoms with Crippen molar-refractivity contribution in [2.45, 2.75) is 20.1 Å². The summed E-state index contributed by atoms with van der Waals surface area (Å²) in [6, 6.07) is 10.6. The van der Waals surface area contributed by atoms with Gasteiger partial charge in [-0.05, 0) is 30.7 Å². The van der Waals surface area contributed by atoms with Crippen LogP contribution in [0.15, 0.2) is 40.9 Å². The van der Waals surface area contributed by atoms with Crippen molar-refractivity contribution in [1.29, 1.82) is 0 Å². The number of hydrogen-bond donors (Lipinski definition) is 1. The first kappa shape index (κ1) is 15.5. The van der Waals surface area contributed by atoms with E-state index in [1.807, 2.05) is 24.3 Å². The third-order valence-electron chi connectivity index (χ3n) is 3.24. The van der Waals surface area contributed by atoms with E-state index < -0.39 is 0 Å². The number of ether oxygens (including phenoxy) is 1. The van der Waals surface area contributed by atoms with Gasteiger partial charge in [0.1, 0.15) is 12.4 Å². The lowest BCUT2D eigenvalue weighted by atomic mass is 10.1. The highest BCUT2D eigenvalue weighted by atomic mass is 79.9. The van der Waals surface area contributed by atoms with Gasteiger partial charge in [0.25, 0.3) is 5.69 Å². The van der Waals surface area contributed by atoms with Crippen LogP contribution in [0.5, 0.6) is 5.75 Å². The van der Waals surface area contributed by atoms with Gasteiger partial charge in [-0.1, -0.05) is 28.1 Å². The molecule has 0 atom stereocenters. The lowest BCUT2D eigenvalue weighted by molar-refractivity contribution is -0.385. The molecule has 5 nitrogen and oxygen atoms in total. The van der Waals surface area contributed by atoms with Gasteiger partial charge in [0.05, 0.1) is 4.92 Å². The molecule has 2 aromatic carbocycles. The Hall–Kier alpha value is -1.92. The first-order valence-corrected chi connectivity index (χ1v) is 7.16. The number of benzene rings is 2. The highest BCUT2D eigenvalue weighted by Gasteiger charge is 2.13. The quantitative estimate of drug-likeness (QED) is 0.658. The van der Waals surface area contributed by atoms with Crippen LogP contribution in [0.25, 0.3) is 0 Å². The summed E-state index contributed by atoms with van der Waals surface area (Å²) in [6.45, 7) is 2.35. The van der Waals surface area contributed by atoms with Crippen molar-refractivity contribution >= 4 is 21.6 Å². The lowest BCUT2D eigenvalue weighted by Crippen LogP contribution is -2.04. The maximum Gasteiger partial charge on any atom is 0.272 e. The molecule has 2 N–H and O–H groups in total. The molecule has 21 heavy (non-hydrogen) atoms.